The minimum Gasteiger partial charge on any atom is -0.496 e. The van der Waals surface area contributed by atoms with Crippen LogP contribution in [0.3, 0.4) is 0 Å². The minimum absolute atomic E-state index is 0.0773. The van der Waals surface area contributed by atoms with Crippen LogP contribution in [0.15, 0.2) is 42.5 Å². The van der Waals surface area contributed by atoms with Crippen molar-refractivity contribution in [2.45, 2.75) is 37.8 Å². The molecule has 1 unspecified atom stereocenters. The highest BCUT2D eigenvalue weighted by atomic mass is 19.4. The molecule has 0 saturated carbocycles. The van der Waals surface area contributed by atoms with E-state index >= 15 is 0 Å². The van der Waals surface area contributed by atoms with Gasteiger partial charge in [-0.1, -0.05) is 30.3 Å². The van der Waals surface area contributed by atoms with Crippen molar-refractivity contribution in [3.05, 3.63) is 64.7 Å². The summed E-state index contributed by atoms with van der Waals surface area (Å²) >= 11 is 0. The number of methoxy groups -OCH3 is 1. The predicted octanol–water partition coefficient (Wildman–Crippen LogP) is 5.54. The zero-order valence-electron chi connectivity index (χ0n) is 18.2. The van der Waals surface area contributed by atoms with Crippen molar-refractivity contribution in [3.8, 4) is 5.75 Å². The summed E-state index contributed by atoms with van der Waals surface area (Å²) in [5.74, 6) is -2.02. The lowest BCUT2D eigenvalue weighted by molar-refractivity contribution is -0.143. The maximum atomic E-state index is 13.7. The molecule has 1 atom stereocenters. The number of likely N-dealkylation sites (N-methyl/N-ethyl adjacent to an activating group) is 1. The molecule has 0 heterocycles. The fourth-order valence-electron chi connectivity index (χ4n) is 3.17. The zero-order chi connectivity index (χ0) is 24.5. The third kappa shape index (κ3) is 5.35. The van der Waals surface area contributed by atoms with E-state index in [0.717, 1.165) is 7.11 Å². The molecule has 10 heteroatoms. The molecular formula is C22H24F6N2O2. The Morgan fingerprint density at radius 3 is 1.97 bits per heavy atom. The molecule has 1 amide bonds. The molecule has 0 saturated heterocycles. The third-order valence-corrected chi connectivity index (χ3v) is 5.45. The smallest absolute Gasteiger partial charge is 0.417 e. The quantitative estimate of drug-likeness (QED) is 0.573. The topological polar surface area (TPSA) is 41.6 Å². The van der Waals surface area contributed by atoms with Gasteiger partial charge in [0.25, 0.3) is 5.91 Å². The van der Waals surface area contributed by atoms with Gasteiger partial charge in [0.2, 0.25) is 0 Å². The number of carbonyl (C=O) groups excluding carboxylic acids is 1. The number of hydrogen-bond acceptors (Lipinski definition) is 3. The maximum Gasteiger partial charge on any atom is 0.417 e. The summed E-state index contributed by atoms with van der Waals surface area (Å²) in [6.07, 6.45) is -10.3. The molecule has 0 spiro atoms. The molecule has 0 bridgehead atoms. The van der Waals surface area contributed by atoms with E-state index in [4.69, 9.17) is 4.74 Å². The lowest BCUT2D eigenvalue weighted by atomic mass is 9.87. The van der Waals surface area contributed by atoms with Gasteiger partial charge >= 0.3 is 12.4 Å². The van der Waals surface area contributed by atoms with E-state index in [1.165, 1.54) is 0 Å². The van der Waals surface area contributed by atoms with Gasteiger partial charge in [0.05, 0.1) is 29.8 Å². The van der Waals surface area contributed by atoms with E-state index in [1.807, 2.05) is 0 Å². The Balaban J connectivity index is 2.66. The lowest BCUT2D eigenvalue weighted by Crippen LogP contribution is -2.51. The summed E-state index contributed by atoms with van der Waals surface area (Å²) in [6, 6.07) is 8.08. The van der Waals surface area contributed by atoms with Crippen molar-refractivity contribution >= 4 is 5.91 Å². The molecule has 2 rings (SSSR count). The predicted molar refractivity (Wildman–Crippen MR) is 107 cm³/mol. The second kappa shape index (κ2) is 9.01. The van der Waals surface area contributed by atoms with Crippen LogP contribution in [-0.2, 0) is 12.4 Å². The summed E-state index contributed by atoms with van der Waals surface area (Å²) in [6.45, 7) is 3.55. The van der Waals surface area contributed by atoms with E-state index in [2.05, 4.69) is 5.32 Å². The Morgan fingerprint density at radius 2 is 1.53 bits per heavy atom. The molecule has 1 N–H and O–H groups in total. The molecule has 2 aromatic rings. The van der Waals surface area contributed by atoms with E-state index in [9.17, 15) is 31.1 Å². The second-order valence-electron chi connectivity index (χ2n) is 7.96. The Labute approximate surface area is 182 Å². The SMILES string of the molecule is COc1cc(C(F)(F)F)cc(C(F)(F)F)c1C(=O)NC(c1ccccc1)C(C)(C)N(C)C. The van der Waals surface area contributed by atoms with Crippen molar-refractivity contribution in [3.63, 3.8) is 0 Å². The first-order valence-corrected chi connectivity index (χ1v) is 9.50. The van der Waals surface area contributed by atoms with E-state index < -0.39 is 52.3 Å². The number of carbonyl (C=O) groups is 1. The average Bonchev–Trinajstić information content (AvgIpc) is 2.69. The van der Waals surface area contributed by atoms with Gasteiger partial charge in [-0.25, -0.2) is 0 Å². The highest BCUT2D eigenvalue weighted by Gasteiger charge is 2.43. The van der Waals surface area contributed by atoms with E-state index in [0.29, 0.717) is 11.6 Å². The van der Waals surface area contributed by atoms with Gasteiger partial charge in [0, 0.05) is 5.54 Å². The Kier molecular flexibility index (Phi) is 7.18. The number of nitrogens with zero attached hydrogens (tertiary/aromatic N) is 1. The molecule has 0 aliphatic rings. The molecule has 32 heavy (non-hydrogen) atoms. The Morgan fingerprint density at radius 1 is 0.969 bits per heavy atom. The molecular weight excluding hydrogens is 438 g/mol. The number of alkyl halides is 6. The summed E-state index contributed by atoms with van der Waals surface area (Å²) in [7, 11) is 4.38. The molecule has 0 aliphatic heterocycles. The first-order valence-electron chi connectivity index (χ1n) is 9.50. The number of amides is 1. The molecule has 2 aromatic carbocycles. The van der Waals surface area contributed by atoms with Crippen molar-refractivity contribution in [1.29, 1.82) is 0 Å². The fourth-order valence-corrected chi connectivity index (χ4v) is 3.17. The van der Waals surface area contributed by atoms with Gasteiger partial charge in [0.15, 0.2) is 0 Å². The van der Waals surface area contributed by atoms with Gasteiger partial charge in [-0.2, -0.15) is 26.3 Å². The van der Waals surface area contributed by atoms with Gasteiger partial charge in [-0.3, -0.25) is 4.79 Å². The van der Waals surface area contributed by atoms with Crippen molar-refractivity contribution in [2.75, 3.05) is 21.2 Å². The molecule has 0 aliphatic carbocycles. The largest absolute Gasteiger partial charge is 0.496 e. The molecule has 176 valence electrons. The fraction of sp³-hybridized carbons (Fsp3) is 0.409. The van der Waals surface area contributed by atoms with Crippen LogP contribution in [-0.4, -0.2) is 37.6 Å². The number of hydrogen-bond donors (Lipinski definition) is 1. The van der Waals surface area contributed by atoms with Crippen LogP contribution in [0, 0.1) is 0 Å². The van der Waals surface area contributed by atoms with Crippen LogP contribution in [0.2, 0.25) is 0 Å². The second-order valence-corrected chi connectivity index (χ2v) is 7.96. The monoisotopic (exact) mass is 462 g/mol. The molecule has 0 fully saturated rings. The standard InChI is InChI=1S/C22H24F6N2O2/c1-20(2,30(3)4)18(13-9-7-6-8-10-13)29-19(31)17-15(22(26,27)28)11-14(21(23,24)25)12-16(17)32-5/h6-12,18H,1-5H3,(H,29,31). The lowest BCUT2D eigenvalue weighted by Gasteiger charge is -2.41. The number of ether oxygens (including phenoxy) is 1. The van der Waals surface area contributed by atoms with Crippen molar-refractivity contribution < 1.29 is 35.9 Å². The van der Waals surface area contributed by atoms with Crippen LogP contribution < -0.4 is 10.1 Å². The van der Waals surface area contributed by atoms with E-state index in [-0.39, 0.29) is 6.07 Å². The minimum atomic E-state index is -5.22. The van der Waals surface area contributed by atoms with Crippen LogP contribution in [0.4, 0.5) is 26.3 Å². The van der Waals surface area contributed by atoms with Crippen LogP contribution in [0.5, 0.6) is 5.75 Å². The average molecular weight is 462 g/mol. The molecule has 0 radical (unpaired) electrons. The normalized spacial score (nSPS) is 13.8. The first kappa shape index (κ1) is 25.5. The Hall–Kier alpha value is -2.75. The number of nitrogens with one attached hydrogen (secondary N) is 1. The van der Waals surface area contributed by atoms with Gasteiger partial charge in [-0.15, -0.1) is 0 Å². The summed E-state index contributed by atoms with van der Waals surface area (Å²) in [5.41, 5.74) is -4.46. The zero-order valence-corrected chi connectivity index (χ0v) is 18.2. The molecule has 4 nitrogen and oxygen atoms in total. The summed E-state index contributed by atoms with van der Waals surface area (Å²) in [4.78, 5) is 14.9. The number of rotatable bonds is 6. The van der Waals surface area contributed by atoms with Gasteiger partial charge in [0.1, 0.15) is 5.75 Å². The van der Waals surface area contributed by atoms with E-state index in [1.54, 1.807) is 63.2 Å². The van der Waals surface area contributed by atoms with Gasteiger partial charge < -0.3 is 15.0 Å². The number of halogens is 6. The number of benzene rings is 2. The van der Waals surface area contributed by atoms with Crippen LogP contribution >= 0.6 is 0 Å². The van der Waals surface area contributed by atoms with Crippen LogP contribution in [0.1, 0.15) is 46.9 Å². The highest BCUT2D eigenvalue weighted by Crippen LogP contribution is 2.42. The van der Waals surface area contributed by atoms with Gasteiger partial charge in [-0.05, 0) is 45.6 Å². The maximum absolute atomic E-state index is 13.7. The molecule has 0 aromatic heterocycles. The summed E-state index contributed by atoms with van der Waals surface area (Å²) in [5, 5.41) is 2.57. The summed E-state index contributed by atoms with van der Waals surface area (Å²) < 4.78 is 85.4. The Bertz CT molecular complexity index is 953. The highest BCUT2D eigenvalue weighted by molar-refractivity contribution is 5.99. The first-order chi connectivity index (χ1) is 14.6. The third-order valence-electron chi connectivity index (χ3n) is 5.45. The van der Waals surface area contributed by atoms with Crippen LogP contribution in [0.25, 0.3) is 0 Å². The van der Waals surface area contributed by atoms with Crippen molar-refractivity contribution in [1.82, 2.24) is 10.2 Å². The van der Waals surface area contributed by atoms with Crippen molar-refractivity contribution in [2.24, 2.45) is 0 Å².